The van der Waals surface area contributed by atoms with Gasteiger partial charge in [0.25, 0.3) is 0 Å². The quantitative estimate of drug-likeness (QED) is 0.891. The van der Waals surface area contributed by atoms with E-state index in [2.05, 4.69) is 35.7 Å². The first-order valence-electron chi connectivity index (χ1n) is 7.12. The molecule has 0 fully saturated rings. The number of para-hydroxylation sites is 1. The van der Waals surface area contributed by atoms with Gasteiger partial charge in [-0.2, -0.15) is 0 Å². The topological polar surface area (TPSA) is 44.6 Å². The summed E-state index contributed by atoms with van der Waals surface area (Å²) >= 11 is 1.58. The maximum absolute atomic E-state index is 8.99. The largest absolute Gasteiger partial charge is 0.396 e. The molecule has 2 N–H and O–H groups in total. The molecule has 1 aromatic rings. The lowest BCUT2D eigenvalue weighted by atomic mass is 9.94. The Morgan fingerprint density at radius 2 is 2.19 bits per heavy atom. The van der Waals surface area contributed by atoms with Gasteiger partial charge in [-0.3, -0.25) is 4.99 Å². The summed E-state index contributed by atoms with van der Waals surface area (Å²) in [6.45, 7) is 0.165. The summed E-state index contributed by atoms with van der Waals surface area (Å²) in [5, 5.41) is 13.4. The second-order valence-electron chi connectivity index (χ2n) is 4.87. The molecule has 0 amide bonds. The Bertz CT molecular complexity index is 644. The van der Waals surface area contributed by atoms with Gasteiger partial charge in [-0.15, -0.1) is 11.8 Å². The van der Waals surface area contributed by atoms with Crippen molar-refractivity contribution in [3.05, 3.63) is 64.9 Å². The van der Waals surface area contributed by atoms with E-state index in [1.807, 2.05) is 18.3 Å². The van der Waals surface area contributed by atoms with Gasteiger partial charge in [0.2, 0.25) is 0 Å². The molecule has 0 aromatic heterocycles. The van der Waals surface area contributed by atoms with Crippen LogP contribution in [0.2, 0.25) is 0 Å². The van der Waals surface area contributed by atoms with Gasteiger partial charge in [0.1, 0.15) is 0 Å². The third-order valence-electron chi connectivity index (χ3n) is 3.42. The van der Waals surface area contributed by atoms with Gasteiger partial charge in [0, 0.05) is 17.0 Å². The SMILES string of the molecule is OCCSC1=CN=C(C2=CC=CCC2)c2ccccc2N1. The summed E-state index contributed by atoms with van der Waals surface area (Å²) in [5.41, 5.74) is 4.52. The predicted molar refractivity (Wildman–Crippen MR) is 90.7 cm³/mol. The number of aliphatic hydroxyl groups is 1. The van der Waals surface area contributed by atoms with Crippen molar-refractivity contribution in [3.63, 3.8) is 0 Å². The van der Waals surface area contributed by atoms with Gasteiger partial charge in [-0.25, -0.2) is 0 Å². The Morgan fingerprint density at radius 3 is 3.00 bits per heavy atom. The van der Waals surface area contributed by atoms with Gasteiger partial charge in [-0.05, 0) is 24.5 Å². The lowest BCUT2D eigenvalue weighted by Crippen LogP contribution is -2.08. The molecule has 0 radical (unpaired) electrons. The molecule has 1 aliphatic carbocycles. The van der Waals surface area contributed by atoms with Crippen molar-refractivity contribution in [2.24, 2.45) is 4.99 Å². The van der Waals surface area contributed by atoms with Crippen LogP contribution in [0.1, 0.15) is 18.4 Å². The third kappa shape index (κ3) is 3.28. The van der Waals surface area contributed by atoms with Gasteiger partial charge in [0.15, 0.2) is 0 Å². The highest BCUT2D eigenvalue weighted by molar-refractivity contribution is 8.03. The number of hydrogen-bond acceptors (Lipinski definition) is 4. The van der Waals surface area contributed by atoms with Crippen LogP contribution >= 0.6 is 11.8 Å². The molecule has 21 heavy (non-hydrogen) atoms. The number of allylic oxidation sites excluding steroid dienone is 4. The zero-order valence-corrected chi connectivity index (χ0v) is 12.6. The molecule has 108 valence electrons. The number of aliphatic imine (C=N–C) groups is 1. The number of aliphatic hydroxyl groups excluding tert-OH is 1. The number of rotatable bonds is 4. The number of hydrogen-bond donors (Lipinski definition) is 2. The lowest BCUT2D eigenvalue weighted by molar-refractivity contribution is 0.322. The fourth-order valence-corrected chi connectivity index (χ4v) is 3.06. The van der Waals surface area contributed by atoms with Crippen LogP contribution in [0.15, 0.2) is 64.3 Å². The first-order chi connectivity index (χ1) is 10.4. The second kappa shape index (κ2) is 6.78. The molecular formula is C17H18N2OS. The van der Waals surface area contributed by atoms with E-state index in [-0.39, 0.29) is 6.61 Å². The molecule has 2 aliphatic rings. The van der Waals surface area contributed by atoms with Crippen LogP contribution in [0, 0.1) is 0 Å². The highest BCUT2D eigenvalue weighted by Crippen LogP contribution is 2.29. The summed E-state index contributed by atoms with van der Waals surface area (Å²) in [6.07, 6.45) is 10.4. The predicted octanol–water partition coefficient (Wildman–Crippen LogP) is 3.70. The van der Waals surface area contributed by atoms with E-state index in [4.69, 9.17) is 10.1 Å². The first-order valence-corrected chi connectivity index (χ1v) is 8.11. The van der Waals surface area contributed by atoms with E-state index in [9.17, 15) is 0 Å². The van der Waals surface area contributed by atoms with Crippen LogP contribution in [0.25, 0.3) is 0 Å². The third-order valence-corrected chi connectivity index (χ3v) is 4.32. The molecular weight excluding hydrogens is 280 g/mol. The molecule has 0 bridgehead atoms. The molecule has 3 rings (SSSR count). The molecule has 0 atom stereocenters. The van der Waals surface area contributed by atoms with Gasteiger partial charge < -0.3 is 10.4 Å². The molecule has 1 heterocycles. The Balaban J connectivity index is 1.99. The maximum Gasteiger partial charge on any atom is 0.0913 e. The zero-order valence-electron chi connectivity index (χ0n) is 11.7. The van der Waals surface area contributed by atoms with Crippen molar-refractivity contribution in [3.8, 4) is 0 Å². The number of nitrogens with one attached hydrogen (secondary N) is 1. The van der Waals surface area contributed by atoms with E-state index in [0.717, 1.165) is 34.8 Å². The zero-order chi connectivity index (χ0) is 14.5. The Labute approximate surface area is 129 Å². The van der Waals surface area contributed by atoms with Crippen LogP contribution < -0.4 is 5.32 Å². The fraction of sp³-hybridized carbons (Fsp3) is 0.235. The minimum absolute atomic E-state index is 0.165. The number of thioether (sulfide) groups is 1. The summed E-state index contributed by atoms with van der Waals surface area (Å²) < 4.78 is 0. The minimum atomic E-state index is 0.165. The lowest BCUT2D eigenvalue weighted by Gasteiger charge is -2.14. The average Bonchev–Trinajstić information content (AvgIpc) is 2.73. The smallest absolute Gasteiger partial charge is 0.0913 e. The minimum Gasteiger partial charge on any atom is -0.396 e. The molecule has 0 unspecified atom stereocenters. The van der Waals surface area contributed by atoms with Crippen LogP contribution in [0.3, 0.4) is 0 Å². The molecule has 0 spiro atoms. The average molecular weight is 298 g/mol. The van der Waals surface area contributed by atoms with Crippen molar-refractivity contribution in [1.29, 1.82) is 0 Å². The Hall–Kier alpha value is -1.78. The van der Waals surface area contributed by atoms with Crippen molar-refractivity contribution in [1.82, 2.24) is 0 Å². The molecule has 4 heteroatoms. The summed E-state index contributed by atoms with van der Waals surface area (Å²) in [5.74, 6) is 0.664. The van der Waals surface area contributed by atoms with Crippen molar-refractivity contribution in [2.75, 3.05) is 17.7 Å². The standard InChI is InChI=1S/C17H18N2OS/c20-10-11-21-16-12-18-17(13-6-2-1-3-7-13)14-8-4-5-9-15(14)19-16/h1-2,4-6,8-9,12,19-20H,3,7,10-11H2. The molecule has 3 nitrogen and oxygen atoms in total. The van der Waals surface area contributed by atoms with E-state index in [0.29, 0.717) is 5.75 Å². The van der Waals surface area contributed by atoms with Gasteiger partial charge >= 0.3 is 0 Å². The Kier molecular flexibility index (Phi) is 4.58. The summed E-state index contributed by atoms with van der Waals surface area (Å²) in [6, 6.07) is 8.25. The normalized spacial score (nSPS) is 17.1. The van der Waals surface area contributed by atoms with Crippen LogP contribution in [-0.2, 0) is 0 Å². The second-order valence-corrected chi connectivity index (χ2v) is 6.01. The van der Waals surface area contributed by atoms with Crippen LogP contribution in [-0.4, -0.2) is 23.2 Å². The molecule has 0 saturated heterocycles. The van der Waals surface area contributed by atoms with E-state index in [1.165, 1.54) is 5.57 Å². The van der Waals surface area contributed by atoms with E-state index >= 15 is 0 Å². The van der Waals surface area contributed by atoms with Gasteiger partial charge in [0.05, 0.1) is 23.5 Å². The van der Waals surface area contributed by atoms with E-state index in [1.54, 1.807) is 11.8 Å². The summed E-state index contributed by atoms with van der Waals surface area (Å²) in [4.78, 5) is 4.71. The highest BCUT2D eigenvalue weighted by atomic mass is 32.2. The van der Waals surface area contributed by atoms with Crippen LogP contribution in [0.5, 0.6) is 0 Å². The molecule has 1 aromatic carbocycles. The van der Waals surface area contributed by atoms with Crippen molar-refractivity contribution < 1.29 is 5.11 Å². The first kappa shape index (κ1) is 14.2. The van der Waals surface area contributed by atoms with E-state index < -0.39 is 0 Å². The van der Waals surface area contributed by atoms with Crippen molar-refractivity contribution >= 4 is 23.2 Å². The summed E-state index contributed by atoms with van der Waals surface area (Å²) in [7, 11) is 0. The fourth-order valence-electron chi connectivity index (χ4n) is 2.44. The number of anilines is 1. The number of benzene rings is 1. The Morgan fingerprint density at radius 1 is 1.29 bits per heavy atom. The van der Waals surface area contributed by atoms with Crippen LogP contribution in [0.4, 0.5) is 5.69 Å². The highest BCUT2D eigenvalue weighted by Gasteiger charge is 2.17. The number of fused-ring (bicyclic) bond motifs is 1. The van der Waals surface area contributed by atoms with Crippen molar-refractivity contribution in [2.45, 2.75) is 12.8 Å². The van der Waals surface area contributed by atoms with Gasteiger partial charge in [-0.1, -0.05) is 36.4 Å². The molecule has 0 saturated carbocycles. The number of nitrogens with zero attached hydrogens (tertiary/aromatic N) is 1. The maximum atomic E-state index is 8.99. The monoisotopic (exact) mass is 298 g/mol. The molecule has 1 aliphatic heterocycles.